The van der Waals surface area contributed by atoms with Crippen LogP contribution in [-0.2, 0) is 20.9 Å². The summed E-state index contributed by atoms with van der Waals surface area (Å²) in [6.07, 6.45) is -1.43. The molecule has 0 saturated carbocycles. The van der Waals surface area contributed by atoms with Crippen molar-refractivity contribution in [3.8, 4) is 0 Å². The molecular weight excluding hydrogens is 354 g/mol. The van der Waals surface area contributed by atoms with Gasteiger partial charge in [0.1, 0.15) is 6.61 Å². The maximum atomic E-state index is 13.0. The molecule has 3 aromatic carbocycles. The fourth-order valence-electron chi connectivity index (χ4n) is 3.25. The monoisotopic (exact) mass is 373 g/mol. The first-order valence-corrected chi connectivity index (χ1v) is 9.03. The van der Waals surface area contributed by atoms with Gasteiger partial charge >= 0.3 is 12.1 Å². The van der Waals surface area contributed by atoms with E-state index in [0.29, 0.717) is 11.1 Å². The SMILES string of the molecule is O=C1O[C@H](c2ccccc2)N(C(=O)OCc2ccccc2)[C@H]1c1ccccc1. The smallest absolute Gasteiger partial charge is 0.414 e. The van der Waals surface area contributed by atoms with E-state index in [2.05, 4.69) is 0 Å². The van der Waals surface area contributed by atoms with Gasteiger partial charge in [0.2, 0.25) is 6.23 Å². The number of ether oxygens (including phenoxy) is 2. The number of rotatable bonds is 4. The molecule has 140 valence electrons. The standard InChI is InChI=1S/C23H19NO4/c25-22-20(18-12-6-2-7-13-18)24(21(28-22)19-14-8-3-9-15-19)23(26)27-16-17-10-4-1-5-11-17/h1-15,20-21H,16H2/t20-,21+/m0/s1. The minimum absolute atomic E-state index is 0.118. The van der Waals surface area contributed by atoms with Gasteiger partial charge in [-0.15, -0.1) is 0 Å². The van der Waals surface area contributed by atoms with Crippen molar-refractivity contribution >= 4 is 12.1 Å². The second-order valence-corrected chi connectivity index (χ2v) is 6.46. The van der Waals surface area contributed by atoms with Crippen molar-refractivity contribution in [3.63, 3.8) is 0 Å². The number of cyclic esters (lactones) is 1. The Kier molecular flexibility index (Phi) is 5.06. The van der Waals surface area contributed by atoms with Gasteiger partial charge in [-0.3, -0.25) is 0 Å². The second kappa shape index (κ2) is 7.96. The van der Waals surface area contributed by atoms with Crippen LogP contribution in [0.15, 0.2) is 91.0 Å². The molecule has 0 aliphatic carbocycles. The van der Waals surface area contributed by atoms with E-state index in [-0.39, 0.29) is 6.61 Å². The minimum Gasteiger partial charge on any atom is -0.444 e. The molecule has 28 heavy (non-hydrogen) atoms. The van der Waals surface area contributed by atoms with Crippen LogP contribution >= 0.6 is 0 Å². The third-order valence-electron chi connectivity index (χ3n) is 4.60. The van der Waals surface area contributed by atoms with Crippen molar-refractivity contribution in [2.45, 2.75) is 18.9 Å². The Labute approximate surface area is 163 Å². The van der Waals surface area contributed by atoms with E-state index in [1.807, 2.05) is 78.9 Å². The molecule has 1 saturated heterocycles. The van der Waals surface area contributed by atoms with Crippen molar-refractivity contribution in [2.75, 3.05) is 0 Å². The Morgan fingerprint density at radius 3 is 1.96 bits per heavy atom. The van der Waals surface area contributed by atoms with Crippen LogP contribution in [0.4, 0.5) is 4.79 Å². The average molecular weight is 373 g/mol. The fourth-order valence-corrected chi connectivity index (χ4v) is 3.25. The lowest BCUT2D eigenvalue weighted by Crippen LogP contribution is -2.34. The highest BCUT2D eigenvalue weighted by Gasteiger charge is 2.47. The van der Waals surface area contributed by atoms with Gasteiger partial charge in [0.05, 0.1) is 0 Å². The number of amides is 1. The molecule has 1 heterocycles. The first-order chi connectivity index (χ1) is 13.7. The quantitative estimate of drug-likeness (QED) is 0.626. The molecule has 5 heteroatoms. The van der Waals surface area contributed by atoms with Gasteiger partial charge in [-0.05, 0) is 11.1 Å². The van der Waals surface area contributed by atoms with Crippen molar-refractivity contribution in [3.05, 3.63) is 108 Å². The van der Waals surface area contributed by atoms with Crippen LogP contribution < -0.4 is 0 Å². The normalized spacial score (nSPS) is 18.6. The van der Waals surface area contributed by atoms with Crippen molar-refractivity contribution < 1.29 is 19.1 Å². The molecule has 1 fully saturated rings. The molecule has 0 unspecified atom stereocenters. The van der Waals surface area contributed by atoms with Crippen molar-refractivity contribution in [1.82, 2.24) is 4.90 Å². The van der Waals surface area contributed by atoms with Gasteiger partial charge in [0, 0.05) is 5.56 Å². The van der Waals surface area contributed by atoms with Crippen LogP contribution in [-0.4, -0.2) is 17.0 Å². The Hall–Kier alpha value is -3.60. The van der Waals surface area contributed by atoms with E-state index < -0.39 is 24.3 Å². The highest BCUT2D eigenvalue weighted by Crippen LogP contribution is 2.40. The van der Waals surface area contributed by atoms with Crippen LogP contribution in [0.3, 0.4) is 0 Å². The van der Waals surface area contributed by atoms with Crippen LogP contribution in [0, 0.1) is 0 Å². The number of hydrogen-bond acceptors (Lipinski definition) is 4. The van der Waals surface area contributed by atoms with Crippen molar-refractivity contribution in [2.24, 2.45) is 0 Å². The molecule has 5 nitrogen and oxygen atoms in total. The number of hydrogen-bond donors (Lipinski definition) is 0. The highest BCUT2D eigenvalue weighted by molar-refractivity contribution is 5.86. The predicted molar refractivity (Wildman–Crippen MR) is 103 cm³/mol. The lowest BCUT2D eigenvalue weighted by atomic mass is 10.1. The van der Waals surface area contributed by atoms with E-state index in [0.717, 1.165) is 5.56 Å². The summed E-state index contributed by atoms with van der Waals surface area (Å²) in [4.78, 5) is 27.1. The zero-order chi connectivity index (χ0) is 19.3. The van der Waals surface area contributed by atoms with Crippen LogP contribution in [0.25, 0.3) is 0 Å². The third kappa shape index (κ3) is 3.60. The van der Waals surface area contributed by atoms with E-state index in [1.54, 1.807) is 12.1 Å². The topological polar surface area (TPSA) is 55.8 Å². The first-order valence-electron chi connectivity index (χ1n) is 9.03. The summed E-state index contributed by atoms with van der Waals surface area (Å²) in [6, 6.07) is 26.9. The summed E-state index contributed by atoms with van der Waals surface area (Å²) in [5, 5.41) is 0. The van der Waals surface area contributed by atoms with Crippen LogP contribution in [0.5, 0.6) is 0 Å². The summed E-state index contributed by atoms with van der Waals surface area (Å²) in [6.45, 7) is 0.118. The maximum Gasteiger partial charge on any atom is 0.414 e. The Bertz CT molecular complexity index is 944. The number of esters is 1. The number of benzene rings is 3. The summed E-state index contributed by atoms with van der Waals surface area (Å²) < 4.78 is 11.1. The molecular formula is C23H19NO4. The molecule has 0 aromatic heterocycles. The number of carbonyl (C=O) groups is 2. The van der Waals surface area contributed by atoms with Crippen LogP contribution in [0.2, 0.25) is 0 Å². The van der Waals surface area contributed by atoms with Gasteiger partial charge in [-0.1, -0.05) is 91.0 Å². The minimum atomic E-state index is -0.852. The Morgan fingerprint density at radius 2 is 1.36 bits per heavy atom. The molecule has 0 spiro atoms. The summed E-state index contributed by atoms with van der Waals surface area (Å²) in [7, 11) is 0. The van der Waals surface area contributed by atoms with Gasteiger partial charge < -0.3 is 9.47 Å². The van der Waals surface area contributed by atoms with Gasteiger partial charge in [0.25, 0.3) is 0 Å². The molecule has 3 aromatic rings. The third-order valence-corrected chi connectivity index (χ3v) is 4.60. The number of carbonyl (C=O) groups excluding carboxylic acids is 2. The van der Waals surface area contributed by atoms with E-state index in [4.69, 9.17) is 9.47 Å². The van der Waals surface area contributed by atoms with Gasteiger partial charge in [-0.2, -0.15) is 0 Å². The Balaban J connectivity index is 1.64. The van der Waals surface area contributed by atoms with Crippen molar-refractivity contribution in [1.29, 1.82) is 0 Å². The molecule has 1 aliphatic heterocycles. The van der Waals surface area contributed by atoms with E-state index in [1.165, 1.54) is 4.90 Å². The molecule has 4 rings (SSSR count). The Morgan fingerprint density at radius 1 is 0.821 bits per heavy atom. The second-order valence-electron chi connectivity index (χ2n) is 6.46. The average Bonchev–Trinajstić information content (AvgIpc) is 3.11. The maximum absolute atomic E-state index is 13.0. The molecule has 2 atom stereocenters. The molecule has 1 amide bonds. The van der Waals surface area contributed by atoms with E-state index in [9.17, 15) is 9.59 Å². The summed E-state index contributed by atoms with van der Waals surface area (Å²) in [5.41, 5.74) is 2.27. The molecule has 0 bridgehead atoms. The molecule has 1 aliphatic rings. The lowest BCUT2D eigenvalue weighted by Gasteiger charge is -2.26. The van der Waals surface area contributed by atoms with Crippen LogP contribution in [0.1, 0.15) is 29.0 Å². The largest absolute Gasteiger partial charge is 0.444 e. The van der Waals surface area contributed by atoms with Gasteiger partial charge in [-0.25, -0.2) is 14.5 Å². The summed E-state index contributed by atoms with van der Waals surface area (Å²) in [5.74, 6) is -0.475. The molecule has 0 N–H and O–H groups in total. The molecule has 0 radical (unpaired) electrons. The number of nitrogens with zero attached hydrogens (tertiary/aromatic N) is 1. The zero-order valence-corrected chi connectivity index (χ0v) is 15.1. The first kappa shape index (κ1) is 17.8. The summed E-state index contributed by atoms with van der Waals surface area (Å²) >= 11 is 0. The fraction of sp³-hybridized carbons (Fsp3) is 0.130. The lowest BCUT2D eigenvalue weighted by molar-refractivity contribution is -0.143. The zero-order valence-electron chi connectivity index (χ0n) is 15.1. The van der Waals surface area contributed by atoms with Gasteiger partial charge in [0.15, 0.2) is 6.04 Å². The predicted octanol–water partition coefficient (Wildman–Crippen LogP) is 4.62. The van der Waals surface area contributed by atoms with E-state index >= 15 is 0 Å². The highest BCUT2D eigenvalue weighted by atomic mass is 16.6.